The molecule has 1 aliphatic carbocycles. The first kappa shape index (κ1) is 16.5. The molecule has 1 aromatic carbocycles. The van der Waals surface area contributed by atoms with Gasteiger partial charge in [0, 0.05) is 26.4 Å². The highest BCUT2D eigenvalue weighted by atomic mass is 16.5. The fourth-order valence-electron chi connectivity index (χ4n) is 3.06. The Kier molecular flexibility index (Phi) is 5.19. The van der Waals surface area contributed by atoms with Gasteiger partial charge in [0.2, 0.25) is 5.91 Å². The second-order valence-electron chi connectivity index (χ2n) is 5.77. The molecule has 0 aromatic heterocycles. The number of esters is 1. The number of ether oxygens (including phenoxy) is 1. The smallest absolute Gasteiger partial charge is 0.332 e. The van der Waals surface area contributed by atoms with Crippen LogP contribution in [0.4, 0.5) is 0 Å². The average molecular weight is 305 g/mol. The minimum absolute atomic E-state index is 0.162. The molecule has 0 heterocycles. The van der Waals surface area contributed by atoms with E-state index in [1.54, 1.807) is 6.92 Å². The molecule has 0 saturated carbocycles. The molecule has 1 atom stereocenters. The highest BCUT2D eigenvalue weighted by Crippen LogP contribution is 2.32. The first-order chi connectivity index (χ1) is 10.5. The summed E-state index contributed by atoms with van der Waals surface area (Å²) in [6.07, 6.45) is 2.43. The summed E-state index contributed by atoms with van der Waals surface area (Å²) in [6, 6.07) is 6.09. The van der Waals surface area contributed by atoms with E-state index in [0.29, 0.717) is 19.3 Å². The average Bonchev–Trinajstić information content (AvgIpc) is 2.83. The minimum atomic E-state index is -0.986. The number of benzene rings is 1. The molecule has 5 heteroatoms. The number of carbonyl (C=O) groups excluding carboxylic acids is 2. The summed E-state index contributed by atoms with van der Waals surface area (Å²) in [5, 5.41) is 11.7. The Morgan fingerprint density at radius 3 is 2.68 bits per heavy atom. The third-order valence-electron chi connectivity index (χ3n) is 3.96. The maximum absolute atomic E-state index is 12.4. The molecule has 5 nitrogen and oxygen atoms in total. The van der Waals surface area contributed by atoms with Crippen molar-refractivity contribution in [2.75, 3.05) is 13.2 Å². The van der Waals surface area contributed by atoms with Crippen LogP contribution in [0.2, 0.25) is 0 Å². The van der Waals surface area contributed by atoms with Gasteiger partial charge in [-0.2, -0.15) is 0 Å². The summed E-state index contributed by atoms with van der Waals surface area (Å²) in [4.78, 5) is 23.9. The number of aryl methyl sites for hydroxylation is 1. The van der Waals surface area contributed by atoms with E-state index in [2.05, 4.69) is 11.4 Å². The molecular formula is C17H23NO4. The Balaban J connectivity index is 2.24. The first-order valence-corrected chi connectivity index (χ1v) is 7.68. The summed E-state index contributed by atoms with van der Waals surface area (Å²) < 4.78 is 5.17. The van der Waals surface area contributed by atoms with Gasteiger partial charge in [-0.25, -0.2) is 4.79 Å². The van der Waals surface area contributed by atoms with Crippen LogP contribution in [-0.4, -0.2) is 35.7 Å². The summed E-state index contributed by atoms with van der Waals surface area (Å²) in [7, 11) is 0. The molecule has 0 bridgehead atoms. The van der Waals surface area contributed by atoms with Crippen LogP contribution < -0.4 is 5.32 Å². The Morgan fingerprint density at radius 2 is 2.05 bits per heavy atom. The van der Waals surface area contributed by atoms with Crippen LogP contribution in [-0.2, 0) is 33.6 Å². The van der Waals surface area contributed by atoms with E-state index in [0.717, 1.165) is 23.1 Å². The molecule has 0 spiro atoms. The van der Waals surface area contributed by atoms with E-state index in [1.165, 1.54) is 6.92 Å². The lowest BCUT2D eigenvalue weighted by molar-refractivity contribution is -0.152. The molecule has 1 aliphatic rings. The molecule has 22 heavy (non-hydrogen) atoms. The molecule has 0 radical (unpaired) electrons. The quantitative estimate of drug-likeness (QED) is 0.773. The number of rotatable bonds is 6. The maximum atomic E-state index is 12.4. The number of hydrogen-bond donors (Lipinski definition) is 2. The van der Waals surface area contributed by atoms with Crippen molar-refractivity contribution in [1.29, 1.82) is 0 Å². The molecule has 1 unspecified atom stereocenters. The van der Waals surface area contributed by atoms with E-state index < -0.39 is 5.54 Å². The number of amides is 1. The zero-order valence-electron chi connectivity index (χ0n) is 13.1. The summed E-state index contributed by atoms with van der Waals surface area (Å²) in [5.41, 5.74) is 2.28. The molecule has 120 valence electrons. The maximum Gasteiger partial charge on any atom is 0.332 e. The Bertz CT molecular complexity index is 570. The predicted molar refractivity (Wildman–Crippen MR) is 82.4 cm³/mol. The van der Waals surface area contributed by atoms with Crippen molar-refractivity contribution in [3.05, 3.63) is 34.9 Å². The van der Waals surface area contributed by atoms with E-state index in [4.69, 9.17) is 9.84 Å². The van der Waals surface area contributed by atoms with Crippen molar-refractivity contribution < 1.29 is 19.4 Å². The highest BCUT2D eigenvalue weighted by molar-refractivity contribution is 5.89. The van der Waals surface area contributed by atoms with Gasteiger partial charge in [0.1, 0.15) is 5.54 Å². The van der Waals surface area contributed by atoms with Crippen LogP contribution in [0.5, 0.6) is 0 Å². The molecule has 1 amide bonds. The van der Waals surface area contributed by atoms with Crippen LogP contribution in [0.15, 0.2) is 18.2 Å². The van der Waals surface area contributed by atoms with Gasteiger partial charge in [0.25, 0.3) is 0 Å². The van der Waals surface area contributed by atoms with Crippen molar-refractivity contribution >= 4 is 11.9 Å². The highest BCUT2D eigenvalue weighted by Gasteiger charge is 2.45. The first-order valence-electron chi connectivity index (χ1n) is 7.68. The second kappa shape index (κ2) is 6.92. The van der Waals surface area contributed by atoms with E-state index in [9.17, 15) is 9.59 Å². The topological polar surface area (TPSA) is 75.6 Å². The molecule has 2 N–H and O–H groups in total. The fraction of sp³-hybridized carbons (Fsp3) is 0.529. The lowest BCUT2D eigenvalue weighted by atomic mass is 9.95. The van der Waals surface area contributed by atoms with Crippen LogP contribution in [0.1, 0.15) is 37.0 Å². The number of fused-ring (bicyclic) bond motifs is 1. The largest absolute Gasteiger partial charge is 0.464 e. The third kappa shape index (κ3) is 3.47. The zero-order valence-corrected chi connectivity index (χ0v) is 13.1. The molecule has 0 saturated heterocycles. The summed E-state index contributed by atoms with van der Waals surface area (Å²) in [5.74, 6) is -0.611. The van der Waals surface area contributed by atoms with Gasteiger partial charge in [-0.1, -0.05) is 18.2 Å². The van der Waals surface area contributed by atoms with Gasteiger partial charge in [-0.05, 0) is 36.5 Å². The molecule has 2 rings (SSSR count). The van der Waals surface area contributed by atoms with Crippen LogP contribution in [0.3, 0.4) is 0 Å². The molecule has 1 aromatic rings. The normalized spacial score (nSPS) is 19.6. The zero-order chi connectivity index (χ0) is 16.2. The SMILES string of the molecule is CCOC(=O)C1(NC(C)=O)Cc2ccc(CCCO)cc2C1. The van der Waals surface area contributed by atoms with Crippen LogP contribution in [0.25, 0.3) is 0 Å². The van der Waals surface area contributed by atoms with Gasteiger partial charge in [-0.3, -0.25) is 4.79 Å². The molecular weight excluding hydrogens is 282 g/mol. The van der Waals surface area contributed by atoms with Crippen molar-refractivity contribution in [2.24, 2.45) is 0 Å². The van der Waals surface area contributed by atoms with Crippen LogP contribution >= 0.6 is 0 Å². The van der Waals surface area contributed by atoms with Gasteiger partial charge in [-0.15, -0.1) is 0 Å². The third-order valence-corrected chi connectivity index (χ3v) is 3.96. The van der Waals surface area contributed by atoms with E-state index in [1.807, 2.05) is 12.1 Å². The predicted octanol–water partition coefficient (Wildman–Crippen LogP) is 1.15. The van der Waals surface area contributed by atoms with Gasteiger partial charge >= 0.3 is 5.97 Å². The van der Waals surface area contributed by atoms with Crippen molar-refractivity contribution in [1.82, 2.24) is 5.32 Å². The summed E-state index contributed by atoms with van der Waals surface area (Å²) in [6.45, 7) is 3.62. The monoisotopic (exact) mass is 305 g/mol. The standard InChI is InChI=1S/C17H23NO4/c1-3-22-16(21)17(18-12(2)20)10-14-7-6-13(5-4-8-19)9-15(14)11-17/h6-7,9,19H,3-5,8,10-11H2,1-2H3,(H,18,20). The second-order valence-corrected chi connectivity index (χ2v) is 5.77. The number of hydrogen-bond acceptors (Lipinski definition) is 4. The van der Waals surface area contributed by atoms with Crippen molar-refractivity contribution in [2.45, 2.75) is 45.1 Å². The Hall–Kier alpha value is -1.88. The van der Waals surface area contributed by atoms with Gasteiger partial charge in [0.15, 0.2) is 0 Å². The van der Waals surface area contributed by atoms with Crippen molar-refractivity contribution in [3.8, 4) is 0 Å². The van der Waals surface area contributed by atoms with Crippen LogP contribution in [0, 0.1) is 0 Å². The molecule has 0 fully saturated rings. The fourth-order valence-corrected chi connectivity index (χ4v) is 3.06. The molecule has 0 aliphatic heterocycles. The van der Waals surface area contributed by atoms with Crippen molar-refractivity contribution in [3.63, 3.8) is 0 Å². The lowest BCUT2D eigenvalue weighted by Gasteiger charge is -2.27. The van der Waals surface area contributed by atoms with Gasteiger partial charge in [0.05, 0.1) is 6.61 Å². The minimum Gasteiger partial charge on any atom is -0.464 e. The lowest BCUT2D eigenvalue weighted by Crippen LogP contribution is -2.55. The Labute approximate surface area is 130 Å². The number of carbonyl (C=O) groups is 2. The Morgan fingerprint density at radius 1 is 1.32 bits per heavy atom. The summed E-state index contributed by atoms with van der Waals surface area (Å²) >= 11 is 0. The van der Waals surface area contributed by atoms with E-state index in [-0.39, 0.29) is 25.1 Å². The van der Waals surface area contributed by atoms with Gasteiger partial charge < -0.3 is 15.2 Å². The number of nitrogens with one attached hydrogen (secondary N) is 1. The number of aliphatic hydroxyl groups excluding tert-OH is 1. The number of aliphatic hydroxyl groups is 1. The van der Waals surface area contributed by atoms with E-state index >= 15 is 0 Å².